The van der Waals surface area contributed by atoms with E-state index in [4.69, 9.17) is 28.4 Å². The highest BCUT2D eigenvalue weighted by atomic mass is 16.8. The number of unbranched alkanes of at least 4 members (excludes halogenated alkanes) is 23. The highest BCUT2D eigenvalue weighted by Gasteiger charge is 2.53. The number of nitrogens with one attached hydrogen (secondary N) is 1. The number of carbonyl (C=O) groups is 1. The van der Waals surface area contributed by atoms with E-state index in [2.05, 4.69) is 19.2 Å². The van der Waals surface area contributed by atoms with Crippen molar-refractivity contribution in [2.45, 2.75) is 291 Å². The van der Waals surface area contributed by atoms with E-state index in [9.17, 15) is 61.0 Å². The number of ether oxygens (including phenoxy) is 6. The monoisotopic (exact) mass is 1010 g/mol. The molecule has 12 N–H and O–H groups in total. The van der Waals surface area contributed by atoms with Crippen molar-refractivity contribution >= 4 is 5.91 Å². The van der Waals surface area contributed by atoms with Crippen LogP contribution in [0.25, 0.3) is 0 Å². The second-order valence-corrected chi connectivity index (χ2v) is 20.1. The third-order valence-corrected chi connectivity index (χ3v) is 14.2. The smallest absolute Gasteiger partial charge is 0.220 e. The molecule has 3 aliphatic rings. The first-order valence-electron chi connectivity index (χ1n) is 27.3. The van der Waals surface area contributed by atoms with Crippen LogP contribution in [0.15, 0.2) is 0 Å². The van der Waals surface area contributed by atoms with Gasteiger partial charge in [0.2, 0.25) is 5.91 Å². The largest absolute Gasteiger partial charge is 0.394 e. The number of hydrogen-bond acceptors (Lipinski definition) is 18. The highest BCUT2D eigenvalue weighted by Crippen LogP contribution is 2.33. The van der Waals surface area contributed by atoms with E-state index in [1.807, 2.05) is 0 Å². The zero-order chi connectivity index (χ0) is 51.3. The Morgan fingerprint density at radius 3 is 1.24 bits per heavy atom. The van der Waals surface area contributed by atoms with E-state index in [0.717, 1.165) is 44.9 Å². The van der Waals surface area contributed by atoms with Crippen molar-refractivity contribution in [1.82, 2.24) is 5.32 Å². The molecule has 3 fully saturated rings. The van der Waals surface area contributed by atoms with Gasteiger partial charge < -0.3 is 89.9 Å². The number of aliphatic hydroxyl groups excluding tert-OH is 11. The number of aliphatic hydroxyl groups is 11. The van der Waals surface area contributed by atoms with Crippen molar-refractivity contribution in [2.75, 3.05) is 26.4 Å². The lowest BCUT2D eigenvalue weighted by atomic mass is 9.96. The van der Waals surface area contributed by atoms with Gasteiger partial charge in [-0.15, -0.1) is 0 Å². The Balaban J connectivity index is 1.54. The van der Waals surface area contributed by atoms with E-state index in [1.165, 1.54) is 109 Å². The molecule has 0 aliphatic carbocycles. The number of carbonyl (C=O) groups excluding carboxylic acids is 1. The third kappa shape index (κ3) is 21.9. The molecule has 3 heterocycles. The van der Waals surface area contributed by atoms with Crippen LogP contribution in [0.5, 0.6) is 0 Å². The lowest BCUT2D eigenvalue weighted by Gasteiger charge is -2.48. The van der Waals surface area contributed by atoms with Crippen LogP contribution in [0.1, 0.15) is 187 Å². The summed E-state index contributed by atoms with van der Waals surface area (Å²) in [5.41, 5.74) is 0. The van der Waals surface area contributed by atoms with Gasteiger partial charge in [-0.05, 0) is 12.8 Å². The van der Waals surface area contributed by atoms with Crippen LogP contribution in [0, 0.1) is 0 Å². The summed E-state index contributed by atoms with van der Waals surface area (Å²) >= 11 is 0. The minimum atomic E-state index is -1.97. The highest BCUT2D eigenvalue weighted by molar-refractivity contribution is 5.76. The van der Waals surface area contributed by atoms with Gasteiger partial charge in [-0.1, -0.05) is 168 Å². The molecule has 3 aliphatic heterocycles. The predicted molar refractivity (Wildman–Crippen MR) is 259 cm³/mol. The molecule has 0 spiro atoms. The molecule has 17 atom stereocenters. The summed E-state index contributed by atoms with van der Waals surface area (Å²) in [5, 5.41) is 120. The van der Waals surface area contributed by atoms with Gasteiger partial charge in [0.15, 0.2) is 18.9 Å². The van der Waals surface area contributed by atoms with Crippen LogP contribution in [0.3, 0.4) is 0 Å². The standard InChI is InChI=1S/C51H97NO18/c1-3-5-7-9-11-13-15-17-19-21-23-25-27-29-39(57)52-34(35(56)28-26-24-22-20-18-16-14-12-10-8-6-4-2)33-65-49-45(63)42(60)47(37(31-54)67-49)70-51-46(64)43(61)48(38(32-55)68-51)69-50-44(62)41(59)40(58)36(30-53)66-50/h34-38,40-51,53-56,58-64H,3-33H2,1-2H3,(H,52,57). The van der Waals surface area contributed by atoms with Gasteiger partial charge in [0.25, 0.3) is 0 Å². The SMILES string of the molecule is CCCCCCCCCCCCCCCC(=O)NC(COC1OC(CO)C(OC2OC(CO)C(OC3OC(CO)C(O)C(O)C3O)C(O)C2O)C(O)C1O)C(O)CCCCCCCCCCCCCC. The quantitative estimate of drug-likeness (QED) is 0.0394. The summed E-state index contributed by atoms with van der Waals surface area (Å²) in [7, 11) is 0. The summed E-state index contributed by atoms with van der Waals surface area (Å²) in [6.45, 7) is 1.76. The molecule has 17 unspecified atom stereocenters. The fourth-order valence-electron chi connectivity index (χ4n) is 9.61. The first-order valence-corrected chi connectivity index (χ1v) is 27.3. The van der Waals surface area contributed by atoms with Crippen molar-refractivity contribution in [3.8, 4) is 0 Å². The Kier molecular flexibility index (Phi) is 33.1. The summed E-state index contributed by atoms with van der Waals surface area (Å²) < 4.78 is 34.2. The molecule has 0 bridgehead atoms. The average molecular weight is 1010 g/mol. The Hall–Kier alpha value is -1.21. The molecule has 0 aromatic heterocycles. The minimum Gasteiger partial charge on any atom is -0.394 e. The van der Waals surface area contributed by atoms with Crippen LogP contribution in [0.2, 0.25) is 0 Å². The molecule has 0 aromatic rings. The number of hydrogen-bond donors (Lipinski definition) is 12. The molecular formula is C51H97NO18. The van der Waals surface area contributed by atoms with Gasteiger partial charge in [0.05, 0.1) is 38.6 Å². The van der Waals surface area contributed by atoms with Crippen LogP contribution in [0.4, 0.5) is 0 Å². The number of rotatable bonds is 39. The van der Waals surface area contributed by atoms with Crippen molar-refractivity contribution in [1.29, 1.82) is 0 Å². The van der Waals surface area contributed by atoms with Crippen molar-refractivity contribution in [2.24, 2.45) is 0 Å². The van der Waals surface area contributed by atoms with Gasteiger partial charge in [-0.2, -0.15) is 0 Å². The Morgan fingerprint density at radius 2 is 0.814 bits per heavy atom. The minimum absolute atomic E-state index is 0.243. The molecule has 70 heavy (non-hydrogen) atoms. The predicted octanol–water partition coefficient (Wildman–Crippen LogP) is 2.87. The van der Waals surface area contributed by atoms with E-state index >= 15 is 0 Å². The van der Waals surface area contributed by atoms with Gasteiger partial charge in [-0.3, -0.25) is 4.79 Å². The molecule has 1 amide bonds. The van der Waals surface area contributed by atoms with E-state index in [1.54, 1.807) is 0 Å². The molecule has 0 radical (unpaired) electrons. The second-order valence-electron chi connectivity index (χ2n) is 20.1. The Bertz CT molecular complexity index is 1300. The molecular weight excluding hydrogens is 915 g/mol. The maximum Gasteiger partial charge on any atom is 0.220 e. The van der Waals surface area contributed by atoms with E-state index < -0.39 is 124 Å². The van der Waals surface area contributed by atoms with Gasteiger partial charge in [0, 0.05) is 6.42 Å². The van der Waals surface area contributed by atoms with Gasteiger partial charge in [-0.25, -0.2) is 0 Å². The van der Waals surface area contributed by atoms with Crippen LogP contribution >= 0.6 is 0 Å². The summed E-state index contributed by atoms with van der Waals surface area (Å²) in [4.78, 5) is 13.2. The molecule has 19 nitrogen and oxygen atoms in total. The summed E-state index contributed by atoms with van der Waals surface area (Å²) in [5.74, 6) is -0.243. The first kappa shape index (κ1) is 63.1. The topological polar surface area (TPSA) is 307 Å². The van der Waals surface area contributed by atoms with Crippen molar-refractivity contribution in [3.63, 3.8) is 0 Å². The lowest BCUT2D eigenvalue weighted by molar-refractivity contribution is -0.379. The van der Waals surface area contributed by atoms with Gasteiger partial charge in [0.1, 0.15) is 73.2 Å². The molecule has 3 rings (SSSR count). The number of amides is 1. The summed E-state index contributed by atoms with van der Waals surface area (Å²) in [6, 6.07) is -0.877. The Labute approximate surface area is 417 Å². The molecule has 0 aromatic carbocycles. The van der Waals surface area contributed by atoms with Crippen molar-refractivity contribution < 1.29 is 89.4 Å². The zero-order valence-electron chi connectivity index (χ0n) is 42.5. The van der Waals surface area contributed by atoms with Gasteiger partial charge >= 0.3 is 0 Å². The zero-order valence-corrected chi connectivity index (χ0v) is 42.5. The average Bonchev–Trinajstić information content (AvgIpc) is 3.35. The maximum atomic E-state index is 13.2. The Morgan fingerprint density at radius 1 is 0.457 bits per heavy atom. The second kappa shape index (κ2) is 36.7. The third-order valence-electron chi connectivity index (χ3n) is 14.2. The fourth-order valence-corrected chi connectivity index (χ4v) is 9.61. The molecule has 19 heteroatoms. The molecule has 0 saturated carbocycles. The van der Waals surface area contributed by atoms with Crippen LogP contribution in [-0.2, 0) is 33.2 Å². The fraction of sp³-hybridized carbons (Fsp3) is 0.980. The summed E-state index contributed by atoms with van der Waals surface area (Å²) in [6.07, 6.45) is 3.45. The van der Waals surface area contributed by atoms with Crippen molar-refractivity contribution in [3.05, 3.63) is 0 Å². The maximum absolute atomic E-state index is 13.2. The van der Waals surface area contributed by atoms with E-state index in [-0.39, 0.29) is 18.9 Å². The molecule has 3 saturated heterocycles. The normalized spacial score (nSPS) is 32.5. The van der Waals surface area contributed by atoms with E-state index in [0.29, 0.717) is 12.8 Å². The van der Waals surface area contributed by atoms with Crippen LogP contribution < -0.4 is 5.32 Å². The molecule has 414 valence electrons. The lowest BCUT2D eigenvalue weighted by Crippen LogP contribution is -2.66. The van der Waals surface area contributed by atoms with Crippen LogP contribution in [-0.4, -0.2) is 193 Å². The first-order chi connectivity index (χ1) is 33.8.